The molecule has 2 aromatic carbocycles. The Morgan fingerprint density at radius 1 is 0.865 bits per heavy atom. The highest BCUT2D eigenvalue weighted by atomic mass is 16.5. The molecule has 0 aromatic heterocycles. The van der Waals surface area contributed by atoms with Gasteiger partial charge >= 0.3 is 0 Å². The summed E-state index contributed by atoms with van der Waals surface area (Å²) in [6.45, 7) is 12.2. The summed E-state index contributed by atoms with van der Waals surface area (Å²) in [5.41, 5.74) is 1.33. The molecule has 1 unspecified atom stereocenters. The number of benzene rings is 2. The molecule has 1 aliphatic heterocycles. The molecule has 0 spiro atoms. The molecule has 0 radical (unpaired) electrons. The fourth-order valence-electron chi connectivity index (χ4n) is 4.41. The van der Waals surface area contributed by atoms with E-state index >= 15 is 0 Å². The number of nitrogens with zero attached hydrogens (tertiary/aromatic N) is 2. The molecule has 0 aliphatic carbocycles. The van der Waals surface area contributed by atoms with E-state index in [1.807, 2.05) is 31.2 Å². The van der Waals surface area contributed by atoms with Gasteiger partial charge in [0.2, 0.25) is 0 Å². The Bertz CT molecular complexity index is 1060. The van der Waals surface area contributed by atoms with Gasteiger partial charge in [0.15, 0.2) is 0 Å². The summed E-state index contributed by atoms with van der Waals surface area (Å²) in [4.78, 5) is 30.3. The number of hydrogen-bond donors (Lipinski definition) is 1. The third kappa shape index (κ3) is 6.92. The lowest BCUT2D eigenvalue weighted by Crippen LogP contribution is -2.38. The van der Waals surface area contributed by atoms with Crippen LogP contribution in [0.25, 0.3) is 5.76 Å². The number of rotatable bonds is 14. The number of unbranched alkanes of at least 4 members (excludes halogenated alkanes) is 1. The number of amides is 1. The van der Waals surface area contributed by atoms with Crippen LogP contribution in [0.5, 0.6) is 11.5 Å². The molecule has 1 amide bonds. The van der Waals surface area contributed by atoms with Crippen LogP contribution in [0, 0.1) is 0 Å². The van der Waals surface area contributed by atoms with Crippen molar-refractivity contribution in [3.05, 3.63) is 65.2 Å². The van der Waals surface area contributed by atoms with Crippen LogP contribution in [0.3, 0.4) is 0 Å². The zero-order valence-electron chi connectivity index (χ0n) is 22.5. The van der Waals surface area contributed by atoms with Crippen molar-refractivity contribution in [3.63, 3.8) is 0 Å². The molecule has 200 valence electrons. The van der Waals surface area contributed by atoms with Crippen molar-refractivity contribution in [3.8, 4) is 11.5 Å². The molecule has 0 saturated carbocycles. The predicted octanol–water partition coefficient (Wildman–Crippen LogP) is 5.42. The number of aliphatic hydroxyl groups excluding tert-OH is 1. The van der Waals surface area contributed by atoms with Gasteiger partial charge in [0, 0.05) is 18.7 Å². The van der Waals surface area contributed by atoms with Crippen molar-refractivity contribution in [1.29, 1.82) is 0 Å². The highest BCUT2D eigenvalue weighted by Gasteiger charge is 2.46. The van der Waals surface area contributed by atoms with Crippen LogP contribution in [0.4, 0.5) is 0 Å². The van der Waals surface area contributed by atoms with Crippen molar-refractivity contribution in [2.24, 2.45) is 0 Å². The maximum absolute atomic E-state index is 13.3. The first-order valence-corrected chi connectivity index (χ1v) is 13.4. The maximum Gasteiger partial charge on any atom is 0.295 e. The predicted molar refractivity (Wildman–Crippen MR) is 146 cm³/mol. The van der Waals surface area contributed by atoms with Crippen LogP contribution in [-0.4, -0.2) is 66.0 Å². The van der Waals surface area contributed by atoms with E-state index in [0.717, 1.165) is 43.7 Å². The van der Waals surface area contributed by atoms with E-state index in [2.05, 4.69) is 25.7 Å². The lowest BCUT2D eigenvalue weighted by Gasteiger charge is -2.28. The van der Waals surface area contributed by atoms with Gasteiger partial charge in [-0.1, -0.05) is 46.2 Å². The van der Waals surface area contributed by atoms with Gasteiger partial charge in [-0.05, 0) is 67.9 Å². The summed E-state index contributed by atoms with van der Waals surface area (Å²) in [5, 5.41) is 11.3. The zero-order valence-corrected chi connectivity index (χ0v) is 22.5. The fourth-order valence-corrected chi connectivity index (χ4v) is 4.41. The molecular formula is C30H40N2O5. The van der Waals surface area contributed by atoms with Gasteiger partial charge in [0.25, 0.3) is 11.7 Å². The van der Waals surface area contributed by atoms with Gasteiger partial charge in [0.1, 0.15) is 17.3 Å². The average molecular weight is 509 g/mol. The van der Waals surface area contributed by atoms with Gasteiger partial charge in [-0.3, -0.25) is 9.59 Å². The lowest BCUT2D eigenvalue weighted by atomic mass is 9.95. The summed E-state index contributed by atoms with van der Waals surface area (Å²) in [6.07, 6.45) is 2.90. The van der Waals surface area contributed by atoms with E-state index in [4.69, 9.17) is 9.47 Å². The molecule has 1 atom stereocenters. The smallest absolute Gasteiger partial charge is 0.295 e. The van der Waals surface area contributed by atoms with Crippen molar-refractivity contribution < 1.29 is 24.2 Å². The summed E-state index contributed by atoms with van der Waals surface area (Å²) < 4.78 is 11.4. The van der Waals surface area contributed by atoms with E-state index in [0.29, 0.717) is 37.6 Å². The van der Waals surface area contributed by atoms with Gasteiger partial charge in [-0.25, -0.2) is 0 Å². The second-order valence-electron chi connectivity index (χ2n) is 9.16. The van der Waals surface area contributed by atoms with Gasteiger partial charge in [-0.2, -0.15) is 0 Å². The van der Waals surface area contributed by atoms with E-state index in [-0.39, 0.29) is 11.3 Å². The number of likely N-dealkylation sites (N-methyl/N-ethyl adjacent to an activating group) is 1. The first-order chi connectivity index (χ1) is 17.9. The molecular weight excluding hydrogens is 468 g/mol. The molecule has 1 heterocycles. The molecule has 3 rings (SSSR count). The number of likely N-dealkylation sites (tertiary alicyclic amines) is 1. The van der Waals surface area contributed by atoms with E-state index < -0.39 is 17.7 Å². The minimum absolute atomic E-state index is 0.103. The van der Waals surface area contributed by atoms with Gasteiger partial charge in [-0.15, -0.1) is 0 Å². The lowest BCUT2D eigenvalue weighted by molar-refractivity contribution is -0.140. The third-order valence-electron chi connectivity index (χ3n) is 6.65. The normalized spacial score (nSPS) is 17.0. The second kappa shape index (κ2) is 13.8. The second-order valence-corrected chi connectivity index (χ2v) is 9.16. The molecule has 2 aromatic rings. The summed E-state index contributed by atoms with van der Waals surface area (Å²) in [7, 11) is 0. The summed E-state index contributed by atoms with van der Waals surface area (Å²) in [5.74, 6) is -0.0197. The number of aliphatic hydroxyl groups is 1. The van der Waals surface area contributed by atoms with Crippen LogP contribution in [-0.2, 0) is 9.59 Å². The van der Waals surface area contributed by atoms with E-state index in [1.54, 1.807) is 29.2 Å². The highest BCUT2D eigenvalue weighted by molar-refractivity contribution is 6.46. The van der Waals surface area contributed by atoms with Crippen molar-refractivity contribution >= 4 is 17.4 Å². The van der Waals surface area contributed by atoms with Crippen molar-refractivity contribution in [2.75, 3.05) is 39.4 Å². The fraction of sp³-hybridized carbons (Fsp3) is 0.467. The first kappa shape index (κ1) is 28.3. The SMILES string of the molecule is CCCCOc1ccc(C2/C(=C(\O)c3ccc(OCCC)cc3)C(=O)C(=O)N2CCN(CC)CC)cc1. The van der Waals surface area contributed by atoms with E-state index in [1.165, 1.54) is 0 Å². The quantitative estimate of drug-likeness (QED) is 0.159. The van der Waals surface area contributed by atoms with Crippen molar-refractivity contribution in [2.45, 2.75) is 53.0 Å². The minimum atomic E-state index is -0.684. The Labute approximate surface area is 220 Å². The number of ketones is 1. The Balaban J connectivity index is 1.98. The largest absolute Gasteiger partial charge is 0.507 e. The van der Waals surface area contributed by atoms with Gasteiger partial charge < -0.3 is 24.4 Å². The molecule has 1 N–H and O–H groups in total. The molecule has 7 heteroatoms. The number of hydrogen-bond acceptors (Lipinski definition) is 6. The minimum Gasteiger partial charge on any atom is -0.507 e. The van der Waals surface area contributed by atoms with Crippen LogP contribution in [0.2, 0.25) is 0 Å². The zero-order chi connectivity index (χ0) is 26.8. The Hall–Kier alpha value is -3.32. The molecule has 7 nitrogen and oxygen atoms in total. The van der Waals surface area contributed by atoms with E-state index in [9.17, 15) is 14.7 Å². The molecule has 1 saturated heterocycles. The maximum atomic E-state index is 13.3. The monoisotopic (exact) mass is 508 g/mol. The Morgan fingerprint density at radius 3 is 2.03 bits per heavy atom. The molecule has 1 aliphatic rings. The summed E-state index contributed by atoms with van der Waals surface area (Å²) in [6, 6.07) is 13.7. The molecule has 1 fully saturated rings. The number of Topliss-reactive ketones (excluding diaryl/α,β-unsaturated/α-hetero) is 1. The van der Waals surface area contributed by atoms with Crippen molar-refractivity contribution in [1.82, 2.24) is 9.80 Å². The Kier molecular flexibility index (Phi) is 10.6. The molecule has 0 bridgehead atoms. The third-order valence-corrected chi connectivity index (χ3v) is 6.65. The summed E-state index contributed by atoms with van der Waals surface area (Å²) >= 11 is 0. The average Bonchev–Trinajstić information content (AvgIpc) is 3.18. The number of carbonyl (C=O) groups is 2. The van der Waals surface area contributed by atoms with Crippen LogP contribution < -0.4 is 9.47 Å². The topological polar surface area (TPSA) is 79.3 Å². The highest BCUT2D eigenvalue weighted by Crippen LogP contribution is 2.40. The number of ether oxygens (including phenoxy) is 2. The van der Waals surface area contributed by atoms with Crippen LogP contribution in [0.1, 0.15) is 64.1 Å². The standard InChI is InChI=1S/C30H40N2O5/c1-5-9-21-37-25-14-10-22(11-15-25)27-26(28(33)23-12-16-24(17-13-23)36-20-6-2)29(34)30(35)32(27)19-18-31(7-3)8-4/h10-17,27,33H,5-9,18-21H2,1-4H3/b28-26+. The number of carbonyl (C=O) groups excluding carboxylic acids is 2. The molecule has 37 heavy (non-hydrogen) atoms. The van der Waals surface area contributed by atoms with Gasteiger partial charge in [0.05, 0.1) is 24.8 Å². The van der Waals surface area contributed by atoms with Crippen LogP contribution in [0.15, 0.2) is 54.1 Å². The Morgan fingerprint density at radius 2 is 1.46 bits per heavy atom. The first-order valence-electron chi connectivity index (χ1n) is 13.4. The van der Waals surface area contributed by atoms with Crippen LogP contribution >= 0.6 is 0 Å².